The van der Waals surface area contributed by atoms with Crippen molar-refractivity contribution in [3.05, 3.63) is 0 Å². The lowest BCUT2D eigenvalue weighted by Gasteiger charge is -2.26. The van der Waals surface area contributed by atoms with Gasteiger partial charge in [-0.3, -0.25) is 0 Å². The summed E-state index contributed by atoms with van der Waals surface area (Å²) in [4.78, 5) is 0. The number of hydrogen-bond acceptors (Lipinski definition) is 3. The molecule has 9 heavy (non-hydrogen) atoms. The molecular weight excluding hydrogens is 118 g/mol. The fourth-order valence-corrected chi connectivity index (χ4v) is 0.424. The van der Waals surface area contributed by atoms with E-state index in [9.17, 15) is 0 Å². The van der Waals surface area contributed by atoms with Gasteiger partial charge in [-0.1, -0.05) is 13.8 Å². The summed E-state index contributed by atoms with van der Waals surface area (Å²) in [6.07, 6.45) is -0.609. The second-order valence-corrected chi connectivity index (χ2v) is 2.90. The molecule has 3 nitrogen and oxygen atoms in total. The SMILES string of the molecule is CC(C)(CO)[C@@H](O)CN. The van der Waals surface area contributed by atoms with Crippen molar-refractivity contribution in [2.75, 3.05) is 13.2 Å². The summed E-state index contributed by atoms with van der Waals surface area (Å²) in [5, 5.41) is 17.8. The summed E-state index contributed by atoms with van der Waals surface area (Å²) in [7, 11) is 0. The van der Waals surface area contributed by atoms with Crippen molar-refractivity contribution < 1.29 is 10.2 Å². The minimum atomic E-state index is -0.609. The summed E-state index contributed by atoms with van der Waals surface area (Å²) in [5.41, 5.74) is 4.71. The third-order valence-corrected chi connectivity index (χ3v) is 1.53. The minimum Gasteiger partial charge on any atom is -0.396 e. The van der Waals surface area contributed by atoms with Crippen LogP contribution in [0.15, 0.2) is 0 Å². The van der Waals surface area contributed by atoms with Gasteiger partial charge in [-0.2, -0.15) is 0 Å². The van der Waals surface area contributed by atoms with Gasteiger partial charge in [0.15, 0.2) is 0 Å². The molecule has 0 bridgehead atoms. The maximum atomic E-state index is 9.10. The zero-order valence-electron chi connectivity index (χ0n) is 5.96. The van der Waals surface area contributed by atoms with Gasteiger partial charge < -0.3 is 15.9 Å². The molecule has 0 aromatic carbocycles. The normalized spacial score (nSPS) is 15.7. The van der Waals surface area contributed by atoms with E-state index in [1.807, 2.05) is 0 Å². The van der Waals surface area contributed by atoms with Crippen molar-refractivity contribution >= 4 is 0 Å². The molecule has 4 N–H and O–H groups in total. The molecule has 0 aliphatic carbocycles. The average molecular weight is 133 g/mol. The highest BCUT2D eigenvalue weighted by Crippen LogP contribution is 2.17. The van der Waals surface area contributed by atoms with Gasteiger partial charge >= 0.3 is 0 Å². The zero-order valence-corrected chi connectivity index (χ0v) is 5.96. The Morgan fingerprint density at radius 1 is 1.56 bits per heavy atom. The first-order chi connectivity index (χ1) is 4.04. The lowest BCUT2D eigenvalue weighted by molar-refractivity contribution is 0.0139. The van der Waals surface area contributed by atoms with Crippen LogP contribution >= 0.6 is 0 Å². The first-order valence-electron chi connectivity index (χ1n) is 3.03. The number of rotatable bonds is 3. The van der Waals surface area contributed by atoms with Gasteiger partial charge in [0.25, 0.3) is 0 Å². The van der Waals surface area contributed by atoms with Crippen LogP contribution in [-0.4, -0.2) is 29.5 Å². The number of hydrogen-bond donors (Lipinski definition) is 3. The topological polar surface area (TPSA) is 66.5 Å². The van der Waals surface area contributed by atoms with E-state index in [0.717, 1.165) is 0 Å². The smallest absolute Gasteiger partial charge is 0.0735 e. The Hall–Kier alpha value is -0.120. The van der Waals surface area contributed by atoms with Gasteiger partial charge in [0.05, 0.1) is 12.7 Å². The quantitative estimate of drug-likeness (QED) is 0.478. The number of aliphatic hydroxyl groups excluding tert-OH is 2. The van der Waals surface area contributed by atoms with Gasteiger partial charge in [-0.05, 0) is 0 Å². The van der Waals surface area contributed by atoms with E-state index < -0.39 is 11.5 Å². The molecular formula is C6H15NO2. The summed E-state index contributed by atoms with van der Waals surface area (Å²) in [6, 6.07) is 0. The third kappa shape index (κ3) is 2.30. The Morgan fingerprint density at radius 2 is 2.00 bits per heavy atom. The van der Waals surface area contributed by atoms with E-state index in [2.05, 4.69) is 0 Å². The van der Waals surface area contributed by atoms with Crippen molar-refractivity contribution in [3.8, 4) is 0 Å². The molecule has 0 aliphatic rings. The Kier molecular flexibility index (Phi) is 3.11. The second-order valence-electron chi connectivity index (χ2n) is 2.90. The number of aliphatic hydroxyl groups is 2. The molecule has 0 amide bonds. The molecule has 3 heteroatoms. The van der Waals surface area contributed by atoms with Crippen LogP contribution in [0.1, 0.15) is 13.8 Å². The molecule has 0 saturated carbocycles. The fourth-order valence-electron chi connectivity index (χ4n) is 0.424. The van der Waals surface area contributed by atoms with Gasteiger partial charge in [0, 0.05) is 12.0 Å². The summed E-state index contributed by atoms with van der Waals surface area (Å²) >= 11 is 0. The van der Waals surface area contributed by atoms with Crippen LogP contribution in [0.4, 0.5) is 0 Å². The average Bonchev–Trinajstić information content (AvgIpc) is 1.86. The molecule has 0 rings (SSSR count). The summed E-state index contributed by atoms with van der Waals surface area (Å²) in [5.74, 6) is 0. The maximum Gasteiger partial charge on any atom is 0.0735 e. The van der Waals surface area contributed by atoms with Crippen molar-refractivity contribution in [2.24, 2.45) is 11.1 Å². The monoisotopic (exact) mass is 133 g/mol. The Labute approximate surface area is 55.5 Å². The van der Waals surface area contributed by atoms with Gasteiger partial charge in [0.2, 0.25) is 0 Å². The van der Waals surface area contributed by atoms with Crippen molar-refractivity contribution in [1.29, 1.82) is 0 Å². The van der Waals surface area contributed by atoms with Crippen LogP contribution in [0.3, 0.4) is 0 Å². The zero-order chi connectivity index (χ0) is 7.49. The highest BCUT2D eigenvalue weighted by atomic mass is 16.3. The van der Waals surface area contributed by atoms with Crippen LogP contribution in [0.5, 0.6) is 0 Å². The molecule has 0 spiro atoms. The number of nitrogens with two attached hydrogens (primary N) is 1. The van der Waals surface area contributed by atoms with E-state index >= 15 is 0 Å². The maximum absolute atomic E-state index is 9.10. The van der Waals surface area contributed by atoms with E-state index in [1.54, 1.807) is 13.8 Å². The first kappa shape index (κ1) is 8.88. The summed E-state index contributed by atoms with van der Waals surface area (Å²) < 4.78 is 0. The fraction of sp³-hybridized carbons (Fsp3) is 1.00. The molecule has 0 aromatic rings. The first-order valence-corrected chi connectivity index (χ1v) is 3.03. The van der Waals surface area contributed by atoms with Gasteiger partial charge in [-0.25, -0.2) is 0 Å². The molecule has 56 valence electrons. The highest BCUT2D eigenvalue weighted by molar-refractivity contribution is 4.76. The van der Waals surface area contributed by atoms with Crippen LogP contribution in [0.2, 0.25) is 0 Å². The van der Waals surface area contributed by atoms with Gasteiger partial charge in [-0.15, -0.1) is 0 Å². The predicted octanol–water partition coefficient (Wildman–Crippen LogP) is -0.676. The Balaban J connectivity index is 3.80. The highest BCUT2D eigenvalue weighted by Gasteiger charge is 2.25. The summed E-state index contributed by atoms with van der Waals surface area (Å²) in [6.45, 7) is 3.70. The molecule has 0 fully saturated rings. The van der Waals surface area contributed by atoms with Crippen LogP contribution in [0, 0.1) is 5.41 Å². The van der Waals surface area contributed by atoms with E-state index in [1.165, 1.54) is 0 Å². The second kappa shape index (κ2) is 3.15. The molecule has 0 radical (unpaired) electrons. The molecule has 0 saturated heterocycles. The van der Waals surface area contributed by atoms with Crippen molar-refractivity contribution in [1.82, 2.24) is 0 Å². The standard InChI is InChI=1S/C6H15NO2/c1-6(2,4-8)5(9)3-7/h5,8-9H,3-4,7H2,1-2H3/t5-/m0/s1. The molecule has 1 atom stereocenters. The Bertz CT molecular complexity index is 83.1. The molecule has 0 heterocycles. The molecule has 0 unspecified atom stereocenters. The van der Waals surface area contributed by atoms with E-state index in [-0.39, 0.29) is 13.2 Å². The Morgan fingerprint density at radius 3 is 2.11 bits per heavy atom. The largest absolute Gasteiger partial charge is 0.396 e. The lowest BCUT2D eigenvalue weighted by atomic mass is 9.88. The van der Waals surface area contributed by atoms with Crippen molar-refractivity contribution in [3.63, 3.8) is 0 Å². The van der Waals surface area contributed by atoms with Crippen LogP contribution < -0.4 is 5.73 Å². The van der Waals surface area contributed by atoms with Crippen LogP contribution in [0.25, 0.3) is 0 Å². The third-order valence-electron chi connectivity index (χ3n) is 1.53. The minimum absolute atomic E-state index is 0.0363. The molecule has 0 aliphatic heterocycles. The van der Waals surface area contributed by atoms with E-state index in [4.69, 9.17) is 15.9 Å². The van der Waals surface area contributed by atoms with Crippen LogP contribution in [-0.2, 0) is 0 Å². The van der Waals surface area contributed by atoms with Crippen molar-refractivity contribution in [2.45, 2.75) is 20.0 Å². The predicted molar refractivity (Wildman–Crippen MR) is 35.9 cm³/mol. The van der Waals surface area contributed by atoms with E-state index in [0.29, 0.717) is 0 Å². The van der Waals surface area contributed by atoms with Gasteiger partial charge in [0.1, 0.15) is 0 Å². The molecule has 0 aromatic heterocycles. The lowest BCUT2D eigenvalue weighted by Crippen LogP contribution is -2.38.